The highest BCUT2D eigenvalue weighted by Crippen LogP contribution is 2.25. The highest BCUT2D eigenvalue weighted by molar-refractivity contribution is 7.08. The van der Waals surface area contributed by atoms with Gasteiger partial charge in [-0.1, -0.05) is 0 Å². The van der Waals surface area contributed by atoms with Gasteiger partial charge in [0.15, 0.2) is 5.75 Å². The average Bonchev–Trinajstić information content (AvgIpc) is 2.15. The molecule has 0 saturated heterocycles. The van der Waals surface area contributed by atoms with Crippen LogP contribution in [-0.2, 0) is 4.79 Å². The molecule has 1 heterocycles. The molecule has 3 nitrogen and oxygen atoms in total. The molecule has 0 unspecified atom stereocenters. The first kappa shape index (κ1) is 10.3. The molecule has 0 aromatic carbocycles. The van der Waals surface area contributed by atoms with Crippen molar-refractivity contribution in [3.63, 3.8) is 0 Å². The van der Waals surface area contributed by atoms with E-state index in [1.165, 1.54) is 18.3 Å². The van der Waals surface area contributed by atoms with Crippen molar-refractivity contribution in [3.05, 3.63) is 10.8 Å². The van der Waals surface area contributed by atoms with Gasteiger partial charge in [-0.3, -0.25) is 4.79 Å². The summed E-state index contributed by atoms with van der Waals surface area (Å²) >= 11 is 1.41. The summed E-state index contributed by atoms with van der Waals surface area (Å²) in [5.41, 5.74) is 5.94. The Hall–Kier alpha value is -0.740. The number of halogens is 1. The quantitative estimate of drug-likeness (QED) is 0.691. The van der Waals surface area contributed by atoms with Crippen molar-refractivity contribution < 1.29 is 9.53 Å². The second kappa shape index (κ2) is 4.20. The van der Waals surface area contributed by atoms with Crippen LogP contribution in [0.2, 0.25) is 0 Å². The Labute approximate surface area is 74.6 Å². The van der Waals surface area contributed by atoms with Gasteiger partial charge in [-0.05, 0) is 0 Å². The molecule has 5 heteroatoms. The van der Waals surface area contributed by atoms with Crippen LogP contribution >= 0.6 is 23.7 Å². The van der Waals surface area contributed by atoms with E-state index >= 15 is 0 Å². The molecule has 0 saturated carbocycles. The number of carbonyl (C=O) groups excluding carboxylic acids is 1. The number of thiophene rings is 1. The summed E-state index contributed by atoms with van der Waals surface area (Å²) in [7, 11) is 0. The first-order chi connectivity index (χ1) is 4.70. The number of anilines is 1. The Morgan fingerprint density at radius 1 is 1.64 bits per heavy atom. The van der Waals surface area contributed by atoms with Gasteiger partial charge in [-0.15, -0.1) is 23.7 Å². The maximum Gasteiger partial charge on any atom is 0.308 e. The Kier molecular flexibility index (Phi) is 3.92. The van der Waals surface area contributed by atoms with Crippen molar-refractivity contribution in [2.45, 2.75) is 6.92 Å². The number of hydrogen-bond acceptors (Lipinski definition) is 4. The predicted octanol–water partition coefficient (Wildman–Crippen LogP) is 1.68. The highest BCUT2D eigenvalue weighted by atomic mass is 35.5. The van der Waals surface area contributed by atoms with Crippen LogP contribution in [0.3, 0.4) is 0 Å². The zero-order valence-corrected chi connectivity index (χ0v) is 7.50. The van der Waals surface area contributed by atoms with Gasteiger partial charge < -0.3 is 10.5 Å². The Morgan fingerprint density at radius 3 is 2.64 bits per heavy atom. The van der Waals surface area contributed by atoms with E-state index in [0.717, 1.165) is 0 Å². The number of rotatable bonds is 1. The van der Waals surface area contributed by atoms with Crippen molar-refractivity contribution >= 4 is 35.4 Å². The SMILES string of the molecule is CC(=O)Oc1cscc1N.Cl. The first-order valence-electron chi connectivity index (χ1n) is 2.70. The third-order valence-corrected chi connectivity index (χ3v) is 1.65. The fraction of sp³-hybridized carbons (Fsp3) is 0.167. The van der Waals surface area contributed by atoms with E-state index in [2.05, 4.69) is 0 Å². The normalized spacial score (nSPS) is 8.45. The second-order valence-corrected chi connectivity index (χ2v) is 2.53. The fourth-order valence-corrected chi connectivity index (χ4v) is 1.17. The van der Waals surface area contributed by atoms with E-state index in [-0.39, 0.29) is 18.4 Å². The van der Waals surface area contributed by atoms with Crippen molar-refractivity contribution in [2.75, 3.05) is 5.73 Å². The zero-order valence-electron chi connectivity index (χ0n) is 5.87. The Bertz CT molecular complexity index is 248. The molecule has 62 valence electrons. The van der Waals surface area contributed by atoms with Crippen LogP contribution in [0.1, 0.15) is 6.92 Å². The standard InChI is InChI=1S/C6H7NO2S.ClH/c1-4(8)9-6-3-10-2-5(6)7;/h2-3H,7H2,1H3;1H. The molecular formula is C6H8ClNO2S. The molecule has 1 aromatic rings. The molecule has 0 radical (unpaired) electrons. The summed E-state index contributed by atoms with van der Waals surface area (Å²) in [6.07, 6.45) is 0. The predicted molar refractivity (Wildman–Crippen MR) is 47.3 cm³/mol. The molecular weight excluding hydrogens is 186 g/mol. The van der Waals surface area contributed by atoms with Crippen molar-refractivity contribution in [1.29, 1.82) is 0 Å². The van der Waals surface area contributed by atoms with Crippen LogP contribution < -0.4 is 10.5 Å². The lowest BCUT2D eigenvalue weighted by Gasteiger charge is -1.96. The van der Waals surface area contributed by atoms with Gasteiger partial charge in [0.05, 0.1) is 5.69 Å². The number of ether oxygens (including phenoxy) is 1. The third kappa shape index (κ3) is 2.78. The number of nitrogen functional groups attached to an aromatic ring is 1. The molecule has 0 aliphatic carbocycles. The molecule has 0 aliphatic heterocycles. The van der Waals surface area contributed by atoms with E-state index in [1.807, 2.05) is 0 Å². The van der Waals surface area contributed by atoms with Crippen LogP contribution in [0.25, 0.3) is 0 Å². The molecule has 0 bridgehead atoms. The minimum atomic E-state index is -0.342. The van der Waals surface area contributed by atoms with Gasteiger partial charge in [0.2, 0.25) is 0 Å². The zero-order chi connectivity index (χ0) is 7.56. The van der Waals surface area contributed by atoms with Crippen LogP contribution in [-0.4, -0.2) is 5.97 Å². The lowest BCUT2D eigenvalue weighted by atomic mass is 10.5. The van der Waals surface area contributed by atoms with E-state index in [4.69, 9.17) is 10.5 Å². The summed E-state index contributed by atoms with van der Waals surface area (Å²) < 4.78 is 4.73. The molecule has 1 rings (SSSR count). The van der Waals surface area contributed by atoms with Gasteiger partial charge >= 0.3 is 5.97 Å². The molecule has 0 atom stereocenters. The number of carbonyl (C=O) groups is 1. The van der Waals surface area contributed by atoms with E-state index < -0.39 is 0 Å². The third-order valence-electron chi connectivity index (χ3n) is 0.908. The van der Waals surface area contributed by atoms with Gasteiger partial charge in [0.25, 0.3) is 0 Å². The summed E-state index contributed by atoms with van der Waals surface area (Å²) in [4.78, 5) is 10.4. The minimum Gasteiger partial charge on any atom is -0.424 e. The summed E-state index contributed by atoms with van der Waals surface area (Å²) in [6, 6.07) is 0. The fourth-order valence-electron chi connectivity index (χ4n) is 0.533. The molecule has 0 aliphatic rings. The summed E-state index contributed by atoms with van der Waals surface area (Å²) in [5.74, 6) is 0.114. The minimum absolute atomic E-state index is 0. The molecule has 1 aromatic heterocycles. The average molecular weight is 194 g/mol. The second-order valence-electron chi connectivity index (χ2n) is 1.79. The molecule has 0 spiro atoms. The van der Waals surface area contributed by atoms with Gasteiger partial charge in [-0.2, -0.15) is 0 Å². The van der Waals surface area contributed by atoms with E-state index in [9.17, 15) is 4.79 Å². The Balaban J connectivity index is 0.000001000. The van der Waals surface area contributed by atoms with Crippen LogP contribution in [0.4, 0.5) is 5.69 Å². The van der Waals surface area contributed by atoms with Crippen molar-refractivity contribution in [3.8, 4) is 5.75 Å². The lowest BCUT2D eigenvalue weighted by molar-refractivity contribution is -0.131. The summed E-state index contributed by atoms with van der Waals surface area (Å²) in [5, 5.41) is 3.41. The molecule has 0 fully saturated rings. The van der Waals surface area contributed by atoms with Gasteiger partial charge in [-0.25, -0.2) is 0 Å². The van der Waals surface area contributed by atoms with Crippen LogP contribution in [0, 0.1) is 0 Å². The summed E-state index contributed by atoms with van der Waals surface area (Å²) in [6.45, 7) is 1.34. The van der Waals surface area contributed by atoms with Crippen LogP contribution in [0.5, 0.6) is 5.75 Å². The monoisotopic (exact) mass is 193 g/mol. The smallest absolute Gasteiger partial charge is 0.308 e. The molecule has 2 N–H and O–H groups in total. The van der Waals surface area contributed by atoms with Crippen molar-refractivity contribution in [1.82, 2.24) is 0 Å². The molecule has 0 amide bonds. The molecule has 11 heavy (non-hydrogen) atoms. The van der Waals surface area contributed by atoms with Crippen LogP contribution in [0.15, 0.2) is 10.8 Å². The van der Waals surface area contributed by atoms with E-state index in [0.29, 0.717) is 11.4 Å². The largest absolute Gasteiger partial charge is 0.424 e. The topological polar surface area (TPSA) is 52.3 Å². The first-order valence-corrected chi connectivity index (χ1v) is 3.64. The number of nitrogens with two attached hydrogens (primary N) is 1. The highest BCUT2D eigenvalue weighted by Gasteiger charge is 2.02. The van der Waals surface area contributed by atoms with E-state index in [1.54, 1.807) is 10.8 Å². The Morgan fingerprint density at radius 2 is 2.27 bits per heavy atom. The number of hydrogen-bond donors (Lipinski definition) is 1. The van der Waals surface area contributed by atoms with Gasteiger partial charge in [0, 0.05) is 17.7 Å². The maximum absolute atomic E-state index is 10.4. The number of esters is 1. The van der Waals surface area contributed by atoms with Gasteiger partial charge in [0.1, 0.15) is 0 Å². The lowest BCUT2D eigenvalue weighted by Crippen LogP contribution is -2.01. The maximum atomic E-state index is 10.4. The van der Waals surface area contributed by atoms with Crippen molar-refractivity contribution in [2.24, 2.45) is 0 Å².